The number of para-hydroxylation sites is 3. The van der Waals surface area contributed by atoms with Crippen LogP contribution in [0.5, 0.6) is 17.2 Å². The Bertz CT molecular complexity index is 1360. The van der Waals surface area contributed by atoms with Gasteiger partial charge in [-0.3, -0.25) is 19.3 Å². The number of ether oxygens (including phenoxy) is 3. The first-order valence-electron chi connectivity index (χ1n) is 13.3. The Hall–Kier alpha value is -4.54. The molecule has 0 unspecified atom stereocenters. The van der Waals surface area contributed by atoms with E-state index in [1.54, 1.807) is 55.5 Å². The number of methoxy groups -OCH3 is 2. The van der Waals surface area contributed by atoms with E-state index >= 15 is 0 Å². The summed E-state index contributed by atoms with van der Waals surface area (Å²) in [5, 5.41) is 9.38. The number of aryl methyl sites for hydroxylation is 1. The Morgan fingerprint density at radius 1 is 1.00 bits per heavy atom. The normalized spacial score (nSPS) is 11.8. The summed E-state index contributed by atoms with van der Waals surface area (Å²) in [6, 6.07) is 12.5. The molecule has 3 aromatic rings. The lowest BCUT2D eigenvalue weighted by Crippen LogP contribution is -2.49. The molecule has 0 fully saturated rings. The van der Waals surface area contributed by atoms with Crippen molar-refractivity contribution in [3.8, 4) is 17.2 Å². The van der Waals surface area contributed by atoms with Crippen molar-refractivity contribution in [3.05, 3.63) is 59.9 Å². The van der Waals surface area contributed by atoms with Gasteiger partial charge in [0.15, 0.2) is 17.3 Å². The molecular formula is C30H38N4O7. The average molecular weight is 567 g/mol. The zero-order valence-electron chi connectivity index (χ0n) is 24.6. The first-order chi connectivity index (χ1) is 19.5. The minimum atomic E-state index is -1.20. The van der Waals surface area contributed by atoms with E-state index < -0.39 is 29.3 Å². The van der Waals surface area contributed by atoms with Crippen LogP contribution in [0, 0.1) is 6.92 Å². The summed E-state index contributed by atoms with van der Waals surface area (Å²) >= 11 is 0. The summed E-state index contributed by atoms with van der Waals surface area (Å²) in [6.07, 6.45) is -0.379. The number of aromatic nitrogens is 1. The Kier molecular flexibility index (Phi) is 10.3. The van der Waals surface area contributed by atoms with Crippen LogP contribution in [0.2, 0.25) is 0 Å². The molecule has 0 saturated heterocycles. The van der Waals surface area contributed by atoms with E-state index in [0.717, 1.165) is 0 Å². The van der Waals surface area contributed by atoms with Gasteiger partial charge in [-0.2, -0.15) is 0 Å². The van der Waals surface area contributed by atoms with E-state index in [1.807, 2.05) is 27.7 Å². The van der Waals surface area contributed by atoms with Gasteiger partial charge in [-0.1, -0.05) is 29.4 Å². The first kappa shape index (κ1) is 31.0. The summed E-state index contributed by atoms with van der Waals surface area (Å²) in [5.74, 6) is 0.521. The molecule has 3 amide bonds. The van der Waals surface area contributed by atoms with E-state index in [4.69, 9.17) is 18.7 Å². The van der Waals surface area contributed by atoms with Gasteiger partial charge in [-0.05, 0) is 52.8 Å². The molecule has 2 aromatic carbocycles. The molecule has 41 heavy (non-hydrogen) atoms. The number of carbonyl (C=O) groups excluding carboxylic acids is 3. The number of anilines is 2. The number of nitrogens with one attached hydrogen (secondary N) is 2. The maximum absolute atomic E-state index is 14.1. The number of hydrogen-bond donors (Lipinski definition) is 2. The Labute approximate surface area is 240 Å². The second-order valence-corrected chi connectivity index (χ2v) is 10.3. The van der Waals surface area contributed by atoms with Gasteiger partial charge in [0.25, 0.3) is 0 Å². The van der Waals surface area contributed by atoms with Crippen molar-refractivity contribution in [2.24, 2.45) is 0 Å². The maximum Gasteiger partial charge on any atom is 0.248 e. The second-order valence-electron chi connectivity index (χ2n) is 10.3. The van der Waals surface area contributed by atoms with E-state index in [0.29, 0.717) is 40.9 Å². The van der Waals surface area contributed by atoms with E-state index in [1.165, 1.54) is 19.1 Å². The zero-order chi connectivity index (χ0) is 30.2. The van der Waals surface area contributed by atoms with Crippen molar-refractivity contribution in [3.63, 3.8) is 0 Å². The molecule has 220 valence electrons. The fourth-order valence-corrected chi connectivity index (χ4v) is 4.29. The van der Waals surface area contributed by atoms with Gasteiger partial charge in [0, 0.05) is 30.0 Å². The molecule has 1 heterocycles. The fraction of sp³-hybridized carbons (Fsp3) is 0.400. The third kappa shape index (κ3) is 8.00. The Morgan fingerprint density at radius 3 is 2.32 bits per heavy atom. The predicted octanol–water partition coefficient (Wildman–Crippen LogP) is 4.81. The number of amides is 3. The molecule has 3 rings (SSSR count). The number of nitrogens with zero attached hydrogens (tertiary/aromatic N) is 2. The van der Waals surface area contributed by atoms with Crippen molar-refractivity contribution in [1.82, 2.24) is 10.5 Å². The summed E-state index contributed by atoms with van der Waals surface area (Å²) in [6.45, 7) is 9.41. The number of carbonyl (C=O) groups is 3. The summed E-state index contributed by atoms with van der Waals surface area (Å²) in [7, 11) is 2.96. The number of rotatable bonds is 12. The summed E-state index contributed by atoms with van der Waals surface area (Å²) < 4.78 is 22.0. The molecule has 0 radical (unpaired) electrons. The van der Waals surface area contributed by atoms with Crippen molar-refractivity contribution < 1.29 is 33.1 Å². The maximum atomic E-state index is 14.1. The van der Waals surface area contributed by atoms with Crippen molar-refractivity contribution in [2.45, 2.75) is 59.0 Å². The highest BCUT2D eigenvalue weighted by atomic mass is 16.5. The van der Waals surface area contributed by atoms with Crippen LogP contribution in [-0.4, -0.2) is 49.2 Å². The highest BCUT2D eigenvalue weighted by Gasteiger charge is 2.38. The molecule has 1 aromatic heterocycles. The summed E-state index contributed by atoms with van der Waals surface area (Å²) in [4.78, 5) is 42.2. The summed E-state index contributed by atoms with van der Waals surface area (Å²) in [5.41, 5.74) is 0.146. The number of benzene rings is 2. The molecule has 11 heteroatoms. The third-order valence-corrected chi connectivity index (χ3v) is 5.89. The van der Waals surface area contributed by atoms with Gasteiger partial charge in [-0.15, -0.1) is 0 Å². The zero-order valence-corrected chi connectivity index (χ0v) is 24.6. The third-order valence-electron chi connectivity index (χ3n) is 5.89. The van der Waals surface area contributed by atoms with Crippen LogP contribution in [0.1, 0.15) is 57.9 Å². The van der Waals surface area contributed by atoms with Gasteiger partial charge in [0.2, 0.25) is 17.7 Å². The highest BCUT2D eigenvalue weighted by Crippen LogP contribution is 2.42. The molecule has 1 atom stereocenters. The molecule has 2 N–H and O–H groups in total. The minimum absolute atomic E-state index is 0.166. The average Bonchev–Trinajstić information content (AvgIpc) is 3.33. The van der Waals surface area contributed by atoms with Gasteiger partial charge in [0.05, 0.1) is 26.5 Å². The van der Waals surface area contributed by atoms with Crippen LogP contribution in [-0.2, 0) is 14.4 Å². The SMILES string of the molecule is CCOc1ccccc1N(C(=O)CCC(=O)Nc1cc(C)on1)[C@H](C(=O)NC(C)(C)C)c1cccc(OC)c1OC. The molecular weight excluding hydrogens is 528 g/mol. The molecule has 0 aliphatic carbocycles. The number of hydrogen-bond acceptors (Lipinski definition) is 8. The molecule has 0 saturated carbocycles. The lowest BCUT2D eigenvalue weighted by Gasteiger charge is -2.35. The fourth-order valence-electron chi connectivity index (χ4n) is 4.29. The van der Waals surface area contributed by atoms with E-state index in [9.17, 15) is 14.4 Å². The monoisotopic (exact) mass is 566 g/mol. The van der Waals surface area contributed by atoms with Crippen LogP contribution >= 0.6 is 0 Å². The molecule has 11 nitrogen and oxygen atoms in total. The standard InChI is InChI=1S/C30H38N4O7/c1-8-40-22-14-10-9-13-21(22)34(26(36)17-16-25(35)31-24-18-19(2)41-33-24)27(29(37)32-30(3,4)5)20-12-11-15-23(38-6)28(20)39-7/h9-15,18,27H,8,16-17H2,1-7H3,(H,32,37)(H,31,33,35)/t27-/m0/s1. The van der Waals surface area contributed by atoms with Crippen LogP contribution in [0.15, 0.2) is 53.1 Å². The Morgan fingerprint density at radius 2 is 1.71 bits per heavy atom. The molecule has 0 spiro atoms. The van der Waals surface area contributed by atoms with Crippen molar-refractivity contribution in [2.75, 3.05) is 31.0 Å². The quantitative estimate of drug-likeness (QED) is 0.319. The van der Waals surface area contributed by atoms with E-state index in [2.05, 4.69) is 15.8 Å². The lowest BCUT2D eigenvalue weighted by molar-refractivity contribution is -0.128. The molecule has 0 aliphatic heterocycles. The molecule has 0 bridgehead atoms. The Balaban J connectivity index is 2.12. The topological polar surface area (TPSA) is 132 Å². The van der Waals surface area contributed by atoms with Crippen molar-refractivity contribution >= 4 is 29.2 Å². The predicted molar refractivity (Wildman–Crippen MR) is 154 cm³/mol. The van der Waals surface area contributed by atoms with Crippen LogP contribution in [0.4, 0.5) is 11.5 Å². The highest BCUT2D eigenvalue weighted by molar-refractivity contribution is 6.04. The van der Waals surface area contributed by atoms with Crippen LogP contribution in [0.25, 0.3) is 0 Å². The lowest BCUT2D eigenvalue weighted by atomic mass is 9.98. The second kappa shape index (κ2) is 13.7. The van der Waals surface area contributed by atoms with Crippen LogP contribution in [0.3, 0.4) is 0 Å². The van der Waals surface area contributed by atoms with Gasteiger partial charge in [0.1, 0.15) is 17.6 Å². The largest absolute Gasteiger partial charge is 0.493 e. The van der Waals surface area contributed by atoms with Crippen LogP contribution < -0.4 is 29.7 Å². The first-order valence-corrected chi connectivity index (χ1v) is 13.3. The smallest absolute Gasteiger partial charge is 0.248 e. The van der Waals surface area contributed by atoms with Crippen molar-refractivity contribution in [1.29, 1.82) is 0 Å². The molecule has 0 aliphatic rings. The van der Waals surface area contributed by atoms with Gasteiger partial charge < -0.3 is 29.4 Å². The van der Waals surface area contributed by atoms with Gasteiger partial charge >= 0.3 is 0 Å². The minimum Gasteiger partial charge on any atom is -0.493 e. The van der Waals surface area contributed by atoms with Gasteiger partial charge in [-0.25, -0.2) is 0 Å². The van der Waals surface area contributed by atoms with E-state index in [-0.39, 0.29) is 18.7 Å².